The zero-order chi connectivity index (χ0) is 18.9. The van der Waals surface area contributed by atoms with Crippen molar-refractivity contribution in [1.82, 2.24) is 0 Å². The molecule has 0 aromatic heterocycles. The lowest BCUT2D eigenvalue weighted by Gasteiger charge is -2.26. The molecule has 0 saturated carbocycles. The quantitative estimate of drug-likeness (QED) is 0.719. The van der Waals surface area contributed by atoms with Crippen molar-refractivity contribution in [2.24, 2.45) is 4.99 Å². The van der Waals surface area contributed by atoms with Gasteiger partial charge in [0.15, 0.2) is 15.0 Å². The number of ether oxygens (including phenoxy) is 1. The molecular weight excluding hydrogens is 380 g/mol. The molecule has 1 saturated heterocycles. The smallest absolute Gasteiger partial charge is 0.164 e. The summed E-state index contributed by atoms with van der Waals surface area (Å²) in [4.78, 5) is 6.84. The van der Waals surface area contributed by atoms with E-state index in [2.05, 4.69) is 4.90 Å². The Balaban J connectivity index is 1.46. The maximum atomic E-state index is 12.1. The molecule has 1 fully saturated rings. The fourth-order valence-electron chi connectivity index (χ4n) is 3.45. The van der Waals surface area contributed by atoms with Crippen LogP contribution in [0.15, 0.2) is 59.6 Å². The molecule has 0 aliphatic carbocycles. The Morgan fingerprint density at radius 2 is 1.85 bits per heavy atom. The third-order valence-electron chi connectivity index (χ3n) is 4.75. The highest BCUT2D eigenvalue weighted by Crippen LogP contribution is 2.35. The topological polar surface area (TPSA) is 59.0 Å². The van der Waals surface area contributed by atoms with Crippen LogP contribution in [-0.2, 0) is 9.84 Å². The van der Waals surface area contributed by atoms with Gasteiger partial charge in [-0.15, -0.1) is 0 Å². The van der Waals surface area contributed by atoms with E-state index in [0.717, 1.165) is 22.4 Å². The number of aryl methyl sites for hydroxylation is 1. The van der Waals surface area contributed by atoms with E-state index in [1.807, 2.05) is 61.5 Å². The van der Waals surface area contributed by atoms with Gasteiger partial charge in [0.05, 0.1) is 30.2 Å². The van der Waals surface area contributed by atoms with E-state index in [-0.39, 0.29) is 23.6 Å². The van der Waals surface area contributed by atoms with Crippen LogP contribution in [0.1, 0.15) is 5.56 Å². The average Bonchev–Trinajstić information content (AvgIpc) is 3.11. The molecule has 0 radical (unpaired) electrons. The third kappa shape index (κ3) is 4.14. The summed E-state index contributed by atoms with van der Waals surface area (Å²) in [6.07, 6.45) is 0. The maximum Gasteiger partial charge on any atom is 0.164 e. The number of anilines is 1. The Hall–Kier alpha value is -1.99. The number of benzene rings is 2. The van der Waals surface area contributed by atoms with E-state index in [1.165, 1.54) is 5.56 Å². The van der Waals surface area contributed by atoms with Gasteiger partial charge in [0, 0.05) is 11.4 Å². The molecule has 2 aliphatic rings. The van der Waals surface area contributed by atoms with Crippen LogP contribution in [0.2, 0.25) is 0 Å². The van der Waals surface area contributed by atoms with Crippen molar-refractivity contribution in [1.29, 1.82) is 0 Å². The maximum absolute atomic E-state index is 12.1. The van der Waals surface area contributed by atoms with Crippen molar-refractivity contribution >= 4 is 32.5 Å². The minimum atomic E-state index is -3.02. The van der Waals surface area contributed by atoms with Crippen LogP contribution >= 0.6 is 11.8 Å². The van der Waals surface area contributed by atoms with E-state index in [4.69, 9.17) is 9.73 Å². The Labute approximate surface area is 164 Å². The van der Waals surface area contributed by atoms with E-state index in [0.29, 0.717) is 6.61 Å². The minimum Gasteiger partial charge on any atom is -0.493 e. The summed E-state index contributed by atoms with van der Waals surface area (Å²) in [5.41, 5.74) is 2.18. The van der Waals surface area contributed by atoms with Crippen LogP contribution in [0.3, 0.4) is 0 Å². The Kier molecular flexibility index (Phi) is 5.14. The number of hydrogen-bond acceptors (Lipinski definition) is 6. The summed E-state index contributed by atoms with van der Waals surface area (Å²) in [6, 6.07) is 17.6. The molecule has 7 heteroatoms. The number of nitrogens with zero attached hydrogens (tertiary/aromatic N) is 2. The van der Waals surface area contributed by atoms with Gasteiger partial charge in [-0.2, -0.15) is 0 Å². The lowest BCUT2D eigenvalue weighted by molar-refractivity contribution is 0.344. The Morgan fingerprint density at radius 1 is 1.11 bits per heavy atom. The summed E-state index contributed by atoms with van der Waals surface area (Å²) in [5, 5.41) is 0.889. The van der Waals surface area contributed by atoms with Gasteiger partial charge < -0.3 is 9.64 Å². The van der Waals surface area contributed by atoms with Crippen molar-refractivity contribution in [2.45, 2.75) is 19.0 Å². The molecule has 27 heavy (non-hydrogen) atoms. The van der Waals surface area contributed by atoms with Crippen molar-refractivity contribution in [3.8, 4) is 5.75 Å². The van der Waals surface area contributed by atoms with Crippen LogP contribution < -0.4 is 9.64 Å². The highest BCUT2D eigenvalue weighted by Gasteiger charge is 2.47. The molecule has 2 aliphatic heterocycles. The van der Waals surface area contributed by atoms with E-state index in [1.54, 1.807) is 11.8 Å². The van der Waals surface area contributed by atoms with Gasteiger partial charge >= 0.3 is 0 Å². The number of amidine groups is 1. The van der Waals surface area contributed by atoms with Gasteiger partial charge in [-0.25, -0.2) is 8.42 Å². The predicted molar refractivity (Wildman–Crippen MR) is 112 cm³/mol. The Bertz CT molecular complexity index is 927. The number of fused-ring (bicyclic) bond motifs is 1. The summed E-state index contributed by atoms with van der Waals surface area (Å²) >= 11 is 1.62. The molecule has 0 unspecified atom stereocenters. The molecule has 4 rings (SSSR count). The second-order valence-corrected chi connectivity index (χ2v) is 10.1. The molecule has 0 bridgehead atoms. The van der Waals surface area contributed by atoms with E-state index in [9.17, 15) is 8.42 Å². The number of aliphatic imine (C=N–C) groups is 1. The normalized spacial score (nSPS) is 23.1. The van der Waals surface area contributed by atoms with Gasteiger partial charge in [0.1, 0.15) is 5.75 Å². The van der Waals surface area contributed by atoms with Crippen LogP contribution in [0, 0.1) is 6.92 Å². The molecule has 2 atom stereocenters. The first-order valence-electron chi connectivity index (χ1n) is 8.97. The standard InChI is InChI=1S/C20H22N2O3S2/c1-15-7-9-16(10-8-15)22-19-14-27(23,24)13-18(19)21-20(22)26-12-11-25-17-5-3-2-4-6-17/h2-10,18-19H,11-14H2,1H3/t18-,19-/m1/s1. The fraction of sp³-hybridized carbons (Fsp3) is 0.350. The first-order chi connectivity index (χ1) is 13.0. The number of para-hydroxylation sites is 1. The van der Waals surface area contributed by atoms with E-state index < -0.39 is 9.84 Å². The molecule has 142 valence electrons. The first-order valence-corrected chi connectivity index (χ1v) is 11.8. The predicted octanol–water partition coefficient (Wildman–Crippen LogP) is 3.15. The van der Waals surface area contributed by atoms with Gasteiger partial charge in [-0.05, 0) is 31.2 Å². The molecule has 2 aromatic rings. The highest BCUT2D eigenvalue weighted by atomic mass is 32.2. The average molecular weight is 403 g/mol. The van der Waals surface area contributed by atoms with Crippen LogP contribution in [0.25, 0.3) is 0 Å². The summed E-state index contributed by atoms with van der Waals surface area (Å²) in [5.74, 6) is 1.91. The number of rotatable bonds is 5. The van der Waals surface area contributed by atoms with Crippen molar-refractivity contribution in [2.75, 3.05) is 28.8 Å². The molecule has 0 spiro atoms. The van der Waals surface area contributed by atoms with E-state index >= 15 is 0 Å². The number of sulfone groups is 1. The highest BCUT2D eigenvalue weighted by molar-refractivity contribution is 8.14. The molecule has 2 aromatic carbocycles. The lowest BCUT2D eigenvalue weighted by atomic mass is 10.1. The number of hydrogen-bond donors (Lipinski definition) is 0. The Morgan fingerprint density at radius 3 is 2.59 bits per heavy atom. The van der Waals surface area contributed by atoms with Crippen molar-refractivity contribution in [3.05, 3.63) is 60.2 Å². The monoisotopic (exact) mass is 402 g/mol. The fourth-order valence-corrected chi connectivity index (χ4v) is 6.23. The van der Waals surface area contributed by atoms with Gasteiger partial charge in [-0.3, -0.25) is 4.99 Å². The minimum absolute atomic E-state index is 0.102. The second kappa shape index (κ2) is 7.56. The SMILES string of the molecule is Cc1ccc(N2C(SCCOc3ccccc3)=N[C@@H]3CS(=O)(=O)C[C@H]32)cc1. The van der Waals surface area contributed by atoms with Crippen LogP contribution in [0.5, 0.6) is 5.75 Å². The molecule has 5 nitrogen and oxygen atoms in total. The van der Waals surface area contributed by atoms with Gasteiger partial charge in [-0.1, -0.05) is 47.7 Å². The molecule has 0 amide bonds. The second-order valence-electron chi connectivity index (χ2n) is 6.84. The zero-order valence-electron chi connectivity index (χ0n) is 15.1. The third-order valence-corrected chi connectivity index (χ3v) is 7.38. The summed E-state index contributed by atoms with van der Waals surface area (Å²) in [6.45, 7) is 2.62. The summed E-state index contributed by atoms with van der Waals surface area (Å²) in [7, 11) is -3.02. The lowest BCUT2D eigenvalue weighted by Crippen LogP contribution is -2.39. The first kappa shape index (κ1) is 18.4. The van der Waals surface area contributed by atoms with Gasteiger partial charge in [0.25, 0.3) is 0 Å². The van der Waals surface area contributed by atoms with Crippen LogP contribution in [0.4, 0.5) is 5.69 Å². The molecule has 0 N–H and O–H groups in total. The van der Waals surface area contributed by atoms with Gasteiger partial charge in [0.2, 0.25) is 0 Å². The molecule has 2 heterocycles. The molecular formula is C20H22N2O3S2. The van der Waals surface area contributed by atoms with Crippen molar-refractivity contribution in [3.63, 3.8) is 0 Å². The largest absolute Gasteiger partial charge is 0.493 e. The van der Waals surface area contributed by atoms with Crippen LogP contribution in [-0.4, -0.2) is 49.5 Å². The summed E-state index contributed by atoms with van der Waals surface area (Å²) < 4.78 is 29.9. The zero-order valence-corrected chi connectivity index (χ0v) is 16.7. The van der Waals surface area contributed by atoms with Crippen molar-refractivity contribution < 1.29 is 13.2 Å². The number of thioether (sulfide) groups is 1.